The number of benzene rings is 1. The molecule has 2 amide bonds. The van der Waals surface area contributed by atoms with E-state index in [1.165, 1.54) is 23.1 Å². The van der Waals surface area contributed by atoms with E-state index >= 15 is 0 Å². The molecule has 2 rings (SSSR count). The smallest absolute Gasteiger partial charge is 0.286 e. The molecule has 7 nitrogen and oxygen atoms in total. The Morgan fingerprint density at radius 3 is 2.65 bits per heavy atom. The summed E-state index contributed by atoms with van der Waals surface area (Å²) in [5, 5.41) is 14.6. The third-order valence-corrected chi connectivity index (χ3v) is 5.54. The van der Waals surface area contributed by atoms with Crippen LogP contribution >= 0.6 is 23.1 Å². The van der Waals surface area contributed by atoms with Crippen LogP contribution < -0.4 is 15.4 Å². The Hall–Kier alpha value is -2.13. The van der Waals surface area contributed by atoms with Crippen molar-refractivity contribution in [3.63, 3.8) is 0 Å². The maximum absolute atomic E-state index is 12.2. The van der Waals surface area contributed by atoms with Gasteiger partial charge in [0.15, 0.2) is 0 Å². The highest BCUT2D eigenvalue weighted by molar-refractivity contribution is 7.99. The predicted molar refractivity (Wildman–Crippen MR) is 105 cm³/mol. The maximum atomic E-state index is 12.2. The lowest BCUT2D eigenvalue weighted by Gasteiger charge is -2.10. The summed E-state index contributed by atoms with van der Waals surface area (Å²) < 4.78 is 5.08. The molecule has 0 bridgehead atoms. The zero-order valence-corrected chi connectivity index (χ0v) is 16.6. The molecule has 1 aromatic carbocycles. The lowest BCUT2D eigenvalue weighted by atomic mass is 10.3. The van der Waals surface area contributed by atoms with Crippen molar-refractivity contribution in [1.29, 1.82) is 0 Å². The first-order valence-corrected chi connectivity index (χ1v) is 10.1. The summed E-state index contributed by atoms with van der Waals surface area (Å²) in [4.78, 5) is 23.9. The summed E-state index contributed by atoms with van der Waals surface area (Å²) in [6, 6.07) is 7.22. The zero-order chi connectivity index (χ0) is 18.9. The first kappa shape index (κ1) is 20.2. The van der Waals surface area contributed by atoms with Crippen LogP contribution in [0.5, 0.6) is 5.75 Å². The van der Waals surface area contributed by atoms with Gasteiger partial charge in [0.25, 0.3) is 5.91 Å². The SMILES string of the molecule is CC[C@@H](C)NC(=O)CSCc1nnc(C(=O)Nc2ccc(OC)cc2)s1. The van der Waals surface area contributed by atoms with Crippen molar-refractivity contribution in [2.24, 2.45) is 0 Å². The van der Waals surface area contributed by atoms with Gasteiger partial charge < -0.3 is 15.4 Å². The number of methoxy groups -OCH3 is 1. The lowest BCUT2D eigenvalue weighted by molar-refractivity contribution is -0.119. The van der Waals surface area contributed by atoms with Gasteiger partial charge in [-0.15, -0.1) is 22.0 Å². The molecule has 26 heavy (non-hydrogen) atoms. The molecule has 1 aromatic heterocycles. The van der Waals surface area contributed by atoms with E-state index in [0.29, 0.717) is 27.2 Å². The van der Waals surface area contributed by atoms with E-state index in [1.807, 2.05) is 13.8 Å². The number of nitrogens with zero attached hydrogens (tertiary/aromatic N) is 2. The van der Waals surface area contributed by atoms with E-state index in [0.717, 1.165) is 12.2 Å². The number of anilines is 1. The first-order valence-electron chi connectivity index (χ1n) is 8.16. The Morgan fingerprint density at radius 2 is 2.00 bits per heavy atom. The van der Waals surface area contributed by atoms with Crippen molar-refractivity contribution in [3.8, 4) is 5.75 Å². The second kappa shape index (κ2) is 10.1. The number of hydrogen-bond donors (Lipinski definition) is 2. The lowest BCUT2D eigenvalue weighted by Crippen LogP contribution is -2.33. The van der Waals surface area contributed by atoms with Gasteiger partial charge in [-0.2, -0.15) is 0 Å². The molecular weight excluding hydrogens is 372 g/mol. The normalized spacial score (nSPS) is 11.7. The molecule has 0 fully saturated rings. The molecule has 0 saturated carbocycles. The van der Waals surface area contributed by atoms with E-state index in [1.54, 1.807) is 31.4 Å². The summed E-state index contributed by atoms with van der Waals surface area (Å²) in [6.45, 7) is 4.00. The highest BCUT2D eigenvalue weighted by Gasteiger charge is 2.14. The molecule has 0 aliphatic heterocycles. The Kier molecular flexibility index (Phi) is 7.86. The molecule has 0 unspecified atom stereocenters. The minimum absolute atomic E-state index is 0.00587. The monoisotopic (exact) mass is 394 g/mol. The molecule has 2 aromatic rings. The molecule has 0 saturated heterocycles. The fraction of sp³-hybridized carbons (Fsp3) is 0.412. The average molecular weight is 395 g/mol. The summed E-state index contributed by atoms with van der Waals surface area (Å²) >= 11 is 2.68. The van der Waals surface area contributed by atoms with Crippen molar-refractivity contribution in [3.05, 3.63) is 34.3 Å². The maximum Gasteiger partial charge on any atom is 0.286 e. The van der Waals surface area contributed by atoms with E-state index in [4.69, 9.17) is 4.74 Å². The number of rotatable bonds is 9. The summed E-state index contributed by atoms with van der Waals surface area (Å²) in [5.74, 6) is 1.32. The highest BCUT2D eigenvalue weighted by atomic mass is 32.2. The molecule has 9 heteroatoms. The Morgan fingerprint density at radius 1 is 1.27 bits per heavy atom. The second-order valence-corrected chi connectivity index (χ2v) is 7.60. The molecular formula is C17H22N4O3S2. The molecule has 1 heterocycles. The van der Waals surface area contributed by atoms with Crippen molar-refractivity contribution in [1.82, 2.24) is 15.5 Å². The summed E-state index contributed by atoms with van der Waals surface area (Å²) in [7, 11) is 1.59. The minimum Gasteiger partial charge on any atom is -0.497 e. The number of hydrogen-bond acceptors (Lipinski definition) is 7. The van der Waals surface area contributed by atoms with Gasteiger partial charge in [-0.25, -0.2) is 0 Å². The van der Waals surface area contributed by atoms with Crippen LogP contribution in [0.25, 0.3) is 0 Å². The quantitative estimate of drug-likeness (QED) is 0.679. The number of carbonyl (C=O) groups excluding carboxylic acids is 2. The van der Waals surface area contributed by atoms with Gasteiger partial charge in [-0.1, -0.05) is 18.3 Å². The molecule has 140 valence electrons. The van der Waals surface area contributed by atoms with Crippen molar-refractivity contribution >= 4 is 40.6 Å². The Labute approximate surface area is 160 Å². The molecule has 0 spiro atoms. The van der Waals surface area contributed by atoms with E-state index in [9.17, 15) is 9.59 Å². The topological polar surface area (TPSA) is 93.2 Å². The van der Waals surface area contributed by atoms with Crippen LogP contribution in [0.4, 0.5) is 5.69 Å². The number of aromatic nitrogens is 2. The van der Waals surface area contributed by atoms with E-state index in [2.05, 4.69) is 20.8 Å². The summed E-state index contributed by atoms with van der Waals surface area (Å²) in [6.07, 6.45) is 0.902. The second-order valence-electron chi connectivity index (χ2n) is 5.55. The average Bonchev–Trinajstić information content (AvgIpc) is 3.11. The van der Waals surface area contributed by atoms with Crippen LogP contribution in [0.3, 0.4) is 0 Å². The van der Waals surface area contributed by atoms with Crippen molar-refractivity contribution < 1.29 is 14.3 Å². The van der Waals surface area contributed by atoms with Gasteiger partial charge in [0, 0.05) is 17.5 Å². The summed E-state index contributed by atoms with van der Waals surface area (Å²) in [5.41, 5.74) is 0.656. The number of thioether (sulfide) groups is 1. The van der Waals surface area contributed by atoms with E-state index < -0.39 is 0 Å². The van der Waals surface area contributed by atoms with Crippen LogP contribution in [0.1, 0.15) is 35.1 Å². The van der Waals surface area contributed by atoms with Gasteiger partial charge in [0.2, 0.25) is 10.9 Å². The van der Waals surface area contributed by atoms with E-state index in [-0.39, 0.29) is 17.9 Å². The Bertz CT molecular complexity index is 734. The first-order chi connectivity index (χ1) is 12.5. The van der Waals surface area contributed by atoms with Gasteiger partial charge in [-0.3, -0.25) is 9.59 Å². The fourth-order valence-corrected chi connectivity index (χ4v) is 3.53. The van der Waals surface area contributed by atoms with Crippen LogP contribution in [0.15, 0.2) is 24.3 Å². The number of ether oxygens (including phenoxy) is 1. The predicted octanol–water partition coefficient (Wildman–Crippen LogP) is 2.95. The largest absolute Gasteiger partial charge is 0.497 e. The molecule has 1 atom stereocenters. The molecule has 0 radical (unpaired) electrons. The molecule has 0 aliphatic rings. The molecule has 2 N–H and O–H groups in total. The van der Waals surface area contributed by atoms with Gasteiger partial charge in [-0.05, 0) is 37.6 Å². The van der Waals surface area contributed by atoms with Gasteiger partial charge in [0.05, 0.1) is 12.9 Å². The van der Waals surface area contributed by atoms with Crippen LogP contribution in [-0.4, -0.2) is 40.9 Å². The van der Waals surface area contributed by atoms with Gasteiger partial charge >= 0.3 is 0 Å². The van der Waals surface area contributed by atoms with Crippen LogP contribution in [0, 0.1) is 0 Å². The Balaban J connectivity index is 1.80. The molecule has 0 aliphatic carbocycles. The van der Waals surface area contributed by atoms with Gasteiger partial charge in [0.1, 0.15) is 10.8 Å². The van der Waals surface area contributed by atoms with Crippen molar-refractivity contribution in [2.45, 2.75) is 32.1 Å². The van der Waals surface area contributed by atoms with Crippen molar-refractivity contribution in [2.75, 3.05) is 18.2 Å². The minimum atomic E-state index is -0.307. The number of carbonyl (C=O) groups is 2. The van der Waals surface area contributed by atoms with Crippen LogP contribution in [0.2, 0.25) is 0 Å². The third kappa shape index (κ3) is 6.30. The number of nitrogens with one attached hydrogen (secondary N) is 2. The zero-order valence-electron chi connectivity index (χ0n) is 14.9. The fourth-order valence-electron chi connectivity index (χ4n) is 1.91. The standard InChI is InChI=1S/C17H22N4O3S2/c1-4-11(2)18-14(22)9-25-10-15-20-21-17(26-15)16(23)19-12-5-7-13(24-3)8-6-12/h5-8,11H,4,9-10H2,1-3H3,(H,18,22)(H,19,23)/t11-/m1/s1. The third-order valence-electron chi connectivity index (χ3n) is 3.49. The number of amides is 2. The highest BCUT2D eigenvalue weighted by Crippen LogP contribution is 2.19. The van der Waals surface area contributed by atoms with Crippen LogP contribution in [-0.2, 0) is 10.5 Å².